The SMILES string of the molecule is CCC(C)c1ccc(CNc2ccc([C+](c3ccc(Nc4c(C)cc(C)cc4C)cc3)c3ccc(Nc4c(C)cc(C)cc4C)cc3)c3ccccc23)cc1. The van der Waals surface area contributed by atoms with Crippen LogP contribution in [0.1, 0.15) is 87.4 Å². The van der Waals surface area contributed by atoms with Gasteiger partial charge in [-0.2, -0.15) is 0 Å². The van der Waals surface area contributed by atoms with Crippen LogP contribution >= 0.6 is 0 Å². The number of hydrogen-bond donors (Lipinski definition) is 3. The van der Waals surface area contributed by atoms with Gasteiger partial charge in [-0.25, -0.2) is 0 Å². The summed E-state index contributed by atoms with van der Waals surface area (Å²) in [6.07, 6.45) is 1.15. The topological polar surface area (TPSA) is 36.1 Å². The smallest absolute Gasteiger partial charge is 0.0638 e. The maximum Gasteiger partial charge on any atom is 0.0638 e. The fourth-order valence-electron chi connectivity index (χ4n) is 8.03. The highest BCUT2D eigenvalue weighted by Crippen LogP contribution is 2.39. The maximum absolute atomic E-state index is 3.77. The summed E-state index contributed by atoms with van der Waals surface area (Å²) in [7, 11) is 0. The molecule has 7 aromatic rings. The Balaban J connectivity index is 1.24. The molecule has 55 heavy (non-hydrogen) atoms. The number of anilines is 5. The zero-order valence-corrected chi connectivity index (χ0v) is 33.7. The third-order valence-electron chi connectivity index (χ3n) is 11.1. The summed E-state index contributed by atoms with van der Waals surface area (Å²) >= 11 is 0. The highest BCUT2D eigenvalue weighted by atomic mass is 14.9. The van der Waals surface area contributed by atoms with E-state index in [0.29, 0.717) is 5.92 Å². The second kappa shape index (κ2) is 16.2. The molecular weight excluding hydrogens is 667 g/mol. The quantitative estimate of drug-likeness (QED) is 0.0869. The average Bonchev–Trinajstić information content (AvgIpc) is 3.18. The van der Waals surface area contributed by atoms with Crippen LogP contribution in [0, 0.1) is 47.5 Å². The van der Waals surface area contributed by atoms with E-state index in [1.54, 1.807) is 0 Å². The molecule has 0 aliphatic rings. The Hall–Kier alpha value is -5.93. The third-order valence-corrected chi connectivity index (χ3v) is 11.1. The van der Waals surface area contributed by atoms with Gasteiger partial charge in [0.25, 0.3) is 0 Å². The Bertz CT molecular complexity index is 2270. The number of fused-ring (bicyclic) bond motifs is 1. The molecule has 0 fully saturated rings. The second-order valence-electron chi connectivity index (χ2n) is 15.4. The Labute approximate surface area is 328 Å². The number of benzene rings is 7. The van der Waals surface area contributed by atoms with Crippen LogP contribution in [0.3, 0.4) is 0 Å². The molecule has 7 rings (SSSR count). The fraction of sp³-hybridized carbons (Fsp3) is 0.212. The second-order valence-corrected chi connectivity index (χ2v) is 15.4. The van der Waals surface area contributed by atoms with Gasteiger partial charge in [0, 0.05) is 40.1 Å². The van der Waals surface area contributed by atoms with Gasteiger partial charge >= 0.3 is 0 Å². The molecule has 1 atom stereocenters. The van der Waals surface area contributed by atoms with Crippen LogP contribution in [0.25, 0.3) is 10.8 Å². The van der Waals surface area contributed by atoms with E-state index in [4.69, 9.17) is 0 Å². The van der Waals surface area contributed by atoms with Gasteiger partial charge in [-0.05, 0) is 160 Å². The summed E-state index contributed by atoms with van der Waals surface area (Å²) in [6.45, 7) is 18.3. The Kier molecular flexibility index (Phi) is 11.0. The van der Waals surface area contributed by atoms with E-state index in [1.807, 2.05) is 0 Å². The van der Waals surface area contributed by atoms with Crippen LogP contribution < -0.4 is 16.0 Å². The molecule has 0 saturated carbocycles. The van der Waals surface area contributed by atoms with E-state index in [9.17, 15) is 0 Å². The lowest BCUT2D eigenvalue weighted by Crippen LogP contribution is -2.07. The first-order valence-corrected chi connectivity index (χ1v) is 19.7. The van der Waals surface area contributed by atoms with Crippen molar-refractivity contribution in [2.24, 2.45) is 0 Å². The molecule has 7 aromatic carbocycles. The van der Waals surface area contributed by atoms with Crippen molar-refractivity contribution in [1.82, 2.24) is 0 Å². The molecule has 3 heteroatoms. The summed E-state index contributed by atoms with van der Waals surface area (Å²) in [4.78, 5) is 0. The lowest BCUT2D eigenvalue weighted by Gasteiger charge is -2.19. The average molecular weight is 721 g/mol. The molecule has 0 amide bonds. The Morgan fingerprint density at radius 3 is 1.47 bits per heavy atom. The van der Waals surface area contributed by atoms with E-state index < -0.39 is 0 Å². The summed E-state index contributed by atoms with van der Waals surface area (Å²) in [5.74, 6) is 1.78. The Morgan fingerprint density at radius 1 is 0.527 bits per heavy atom. The first kappa shape index (κ1) is 37.4. The lowest BCUT2D eigenvalue weighted by molar-refractivity contribution is 0.733. The Morgan fingerprint density at radius 2 is 1.00 bits per heavy atom. The molecule has 3 nitrogen and oxygen atoms in total. The summed E-state index contributed by atoms with van der Waals surface area (Å²) in [5.41, 5.74) is 19.4. The third kappa shape index (κ3) is 8.27. The largest absolute Gasteiger partial charge is 0.380 e. The van der Waals surface area contributed by atoms with Gasteiger partial charge in [-0.3, -0.25) is 0 Å². The molecule has 0 heterocycles. The van der Waals surface area contributed by atoms with Crippen molar-refractivity contribution in [3.8, 4) is 0 Å². The summed E-state index contributed by atoms with van der Waals surface area (Å²) in [5, 5.41) is 13.6. The molecule has 1 unspecified atom stereocenters. The number of nitrogens with one attached hydrogen (secondary N) is 3. The van der Waals surface area contributed by atoms with E-state index in [1.165, 1.54) is 89.3 Å². The molecule has 0 spiro atoms. The summed E-state index contributed by atoms with van der Waals surface area (Å²) < 4.78 is 0. The molecule has 276 valence electrons. The van der Waals surface area contributed by atoms with Gasteiger partial charge in [0.15, 0.2) is 0 Å². The van der Waals surface area contributed by atoms with E-state index >= 15 is 0 Å². The van der Waals surface area contributed by atoms with Crippen LogP contribution in [0.2, 0.25) is 0 Å². The zero-order valence-electron chi connectivity index (χ0n) is 33.7. The predicted octanol–water partition coefficient (Wildman–Crippen LogP) is 14.3. The predicted molar refractivity (Wildman–Crippen MR) is 238 cm³/mol. The molecular formula is C52H54N3+. The fourth-order valence-corrected chi connectivity index (χ4v) is 8.03. The maximum atomic E-state index is 3.77. The van der Waals surface area contributed by atoms with Crippen molar-refractivity contribution in [3.05, 3.63) is 201 Å². The van der Waals surface area contributed by atoms with Gasteiger partial charge in [-0.15, -0.1) is 0 Å². The number of hydrogen-bond acceptors (Lipinski definition) is 3. The van der Waals surface area contributed by atoms with Crippen molar-refractivity contribution < 1.29 is 0 Å². The molecule has 0 aliphatic carbocycles. The van der Waals surface area contributed by atoms with Crippen LogP contribution in [-0.4, -0.2) is 0 Å². The van der Waals surface area contributed by atoms with Crippen LogP contribution in [-0.2, 0) is 6.54 Å². The molecule has 0 aliphatic heterocycles. The minimum absolute atomic E-state index is 0.576. The molecule has 0 bridgehead atoms. The van der Waals surface area contributed by atoms with Gasteiger partial charge < -0.3 is 16.0 Å². The zero-order chi connectivity index (χ0) is 38.6. The van der Waals surface area contributed by atoms with Gasteiger partial charge in [0.05, 0.1) is 28.3 Å². The highest BCUT2D eigenvalue weighted by Gasteiger charge is 2.26. The van der Waals surface area contributed by atoms with Gasteiger partial charge in [-0.1, -0.05) is 85.6 Å². The number of aryl methyl sites for hydroxylation is 6. The molecule has 3 N–H and O–H groups in total. The minimum Gasteiger partial charge on any atom is -0.380 e. The van der Waals surface area contributed by atoms with Crippen molar-refractivity contribution in [3.63, 3.8) is 0 Å². The van der Waals surface area contributed by atoms with Crippen molar-refractivity contribution in [1.29, 1.82) is 0 Å². The monoisotopic (exact) mass is 720 g/mol. The standard InChI is InChI=1S/C52H54N3/c1-9-35(4)41-16-14-40(15-17-41)32-53-49-27-26-48(46-12-10-11-13-47(46)49)50(42-18-22-44(23-19-42)54-51-36(5)28-33(2)29-37(51)6)43-20-24-45(25-21-43)55-52-38(7)30-34(3)31-39(52)8/h10-31,35,53-55H,9,32H2,1-8H3/q+1. The highest BCUT2D eigenvalue weighted by molar-refractivity contribution is 5.98. The number of rotatable bonds is 12. The van der Waals surface area contributed by atoms with Gasteiger partial charge in [0.1, 0.15) is 0 Å². The van der Waals surface area contributed by atoms with E-state index in [2.05, 4.69) is 205 Å². The van der Waals surface area contributed by atoms with E-state index in [-0.39, 0.29) is 0 Å². The lowest BCUT2D eigenvalue weighted by atomic mass is 9.82. The van der Waals surface area contributed by atoms with Crippen molar-refractivity contribution in [2.45, 2.75) is 74.3 Å². The molecule has 0 aromatic heterocycles. The van der Waals surface area contributed by atoms with Crippen molar-refractivity contribution in [2.75, 3.05) is 16.0 Å². The normalized spacial score (nSPS) is 11.7. The molecule has 0 radical (unpaired) electrons. The van der Waals surface area contributed by atoms with Gasteiger partial charge in [0.2, 0.25) is 0 Å². The first-order valence-electron chi connectivity index (χ1n) is 19.7. The first-order chi connectivity index (χ1) is 26.6. The molecule has 0 saturated heterocycles. The van der Waals surface area contributed by atoms with Crippen LogP contribution in [0.4, 0.5) is 28.4 Å². The summed E-state index contributed by atoms with van der Waals surface area (Å²) in [6, 6.07) is 49.2. The minimum atomic E-state index is 0.576. The van der Waals surface area contributed by atoms with Crippen LogP contribution in [0.5, 0.6) is 0 Å². The van der Waals surface area contributed by atoms with Crippen LogP contribution in [0.15, 0.2) is 133 Å². The van der Waals surface area contributed by atoms with E-state index in [0.717, 1.165) is 30.0 Å². The van der Waals surface area contributed by atoms with Crippen molar-refractivity contribution >= 4 is 39.2 Å².